The van der Waals surface area contributed by atoms with Gasteiger partial charge in [0.1, 0.15) is 5.82 Å². The standard InChI is InChI=1S/C19H30FN3/c20-15-8-9-19(18(21)14-15)22-16-10-12-23(13-11-16)17-6-4-2-1-3-5-7-17/h8-9,14,16-17,22H,1-7,10-13,21H2. The van der Waals surface area contributed by atoms with Crippen LogP contribution in [-0.2, 0) is 0 Å². The van der Waals surface area contributed by atoms with E-state index in [0.29, 0.717) is 11.7 Å². The summed E-state index contributed by atoms with van der Waals surface area (Å²) in [7, 11) is 0. The van der Waals surface area contributed by atoms with Crippen LogP contribution in [0.3, 0.4) is 0 Å². The molecule has 3 rings (SSSR count). The number of likely N-dealkylation sites (tertiary alicyclic amines) is 1. The molecule has 1 heterocycles. The van der Waals surface area contributed by atoms with Crippen LogP contribution in [0.25, 0.3) is 0 Å². The molecule has 0 bridgehead atoms. The maximum atomic E-state index is 13.1. The summed E-state index contributed by atoms with van der Waals surface area (Å²) in [5, 5.41) is 3.50. The molecular weight excluding hydrogens is 289 g/mol. The Morgan fingerprint density at radius 3 is 2.26 bits per heavy atom. The van der Waals surface area contributed by atoms with Gasteiger partial charge in [-0.2, -0.15) is 0 Å². The second-order valence-electron chi connectivity index (χ2n) is 7.19. The van der Waals surface area contributed by atoms with Gasteiger partial charge < -0.3 is 16.0 Å². The van der Waals surface area contributed by atoms with Gasteiger partial charge in [0, 0.05) is 25.2 Å². The zero-order chi connectivity index (χ0) is 16.1. The summed E-state index contributed by atoms with van der Waals surface area (Å²) in [5.41, 5.74) is 7.28. The molecule has 1 aliphatic heterocycles. The van der Waals surface area contributed by atoms with Crippen molar-refractivity contribution in [3.8, 4) is 0 Å². The van der Waals surface area contributed by atoms with Gasteiger partial charge in [0.15, 0.2) is 0 Å². The predicted molar refractivity (Wildman–Crippen MR) is 95.1 cm³/mol. The van der Waals surface area contributed by atoms with E-state index in [4.69, 9.17) is 5.73 Å². The number of nitrogen functional groups attached to an aromatic ring is 1. The van der Waals surface area contributed by atoms with Crippen LogP contribution >= 0.6 is 0 Å². The van der Waals surface area contributed by atoms with E-state index in [1.807, 2.05) is 0 Å². The molecule has 0 amide bonds. The number of anilines is 2. The SMILES string of the molecule is Nc1cc(F)ccc1NC1CCN(C2CCCCCCC2)CC1. The largest absolute Gasteiger partial charge is 0.397 e. The van der Waals surface area contributed by atoms with Crippen molar-refractivity contribution in [3.63, 3.8) is 0 Å². The fourth-order valence-corrected chi connectivity index (χ4v) is 4.09. The fraction of sp³-hybridized carbons (Fsp3) is 0.684. The molecule has 0 atom stereocenters. The van der Waals surface area contributed by atoms with Crippen LogP contribution < -0.4 is 11.1 Å². The number of halogens is 1. The minimum Gasteiger partial charge on any atom is -0.397 e. The van der Waals surface area contributed by atoms with Gasteiger partial charge in [0.2, 0.25) is 0 Å². The summed E-state index contributed by atoms with van der Waals surface area (Å²) in [5.74, 6) is -0.271. The molecule has 1 saturated carbocycles. The molecule has 1 aliphatic carbocycles. The number of rotatable bonds is 3. The Bertz CT molecular complexity index is 489. The Labute approximate surface area is 139 Å². The van der Waals surface area contributed by atoms with E-state index in [1.165, 1.54) is 70.2 Å². The Morgan fingerprint density at radius 1 is 0.957 bits per heavy atom. The zero-order valence-corrected chi connectivity index (χ0v) is 14.1. The third-order valence-electron chi connectivity index (χ3n) is 5.49. The summed E-state index contributed by atoms with van der Waals surface area (Å²) in [6, 6.07) is 5.87. The molecule has 23 heavy (non-hydrogen) atoms. The van der Waals surface area contributed by atoms with Gasteiger partial charge in [-0.25, -0.2) is 4.39 Å². The fourth-order valence-electron chi connectivity index (χ4n) is 4.09. The van der Waals surface area contributed by atoms with E-state index in [2.05, 4.69) is 10.2 Å². The quantitative estimate of drug-likeness (QED) is 0.812. The minimum absolute atomic E-state index is 0.271. The highest BCUT2D eigenvalue weighted by molar-refractivity contribution is 5.66. The number of nitrogens with two attached hydrogens (primary N) is 1. The molecular formula is C19H30FN3. The smallest absolute Gasteiger partial charge is 0.125 e. The lowest BCUT2D eigenvalue weighted by Gasteiger charge is -2.39. The van der Waals surface area contributed by atoms with Crippen LogP contribution in [0.4, 0.5) is 15.8 Å². The molecule has 2 fully saturated rings. The predicted octanol–water partition coefficient (Wildman–Crippen LogP) is 4.40. The first-order valence-corrected chi connectivity index (χ1v) is 9.28. The topological polar surface area (TPSA) is 41.3 Å². The van der Waals surface area contributed by atoms with E-state index in [0.717, 1.165) is 24.6 Å². The normalized spacial score (nSPS) is 22.5. The van der Waals surface area contributed by atoms with Crippen molar-refractivity contribution in [1.82, 2.24) is 4.90 Å². The lowest BCUT2D eigenvalue weighted by Crippen LogP contribution is -2.44. The van der Waals surface area contributed by atoms with Gasteiger partial charge in [-0.1, -0.05) is 32.1 Å². The van der Waals surface area contributed by atoms with Crippen LogP contribution in [0.2, 0.25) is 0 Å². The zero-order valence-electron chi connectivity index (χ0n) is 14.1. The Kier molecular flexibility index (Phi) is 5.76. The molecule has 1 aromatic carbocycles. The van der Waals surface area contributed by atoms with Gasteiger partial charge in [-0.05, 0) is 43.9 Å². The Balaban J connectivity index is 1.49. The van der Waals surface area contributed by atoms with E-state index < -0.39 is 0 Å². The van der Waals surface area contributed by atoms with Crippen molar-refractivity contribution < 1.29 is 4.39 Å². The Morgan fingerprint density at radius 2 is 1.61 bits per heavy atom. The summed E-state index contributed by atoms with van der Waals surface area (Å²) in [6.07, 6.45) is 12.1. The van der Waals surface area contributed by atoms with Crippen molar-refractivity contribution in [3.05, 3.63) is 24.0 Å². The van der Waals surface area contributed by atoms with Crippen LogP contribution in [0.15, 0.2) is 18.2 Å². The first-order valence-electron chi connectivity index (χ1n) is 9.28. The van der Waals surface area contributed by atoms with Crippen LogP contribution in [0.5, 0.6) is 0 Å². The van der Waals surface area contributed by atoms with Crippen LogP contribution in [0, 0.1) is 5.82 Å². The number of piperidine rings is 1. The van der Waals surface area contributed by atoms with Crippen molar-refractivity contribution in [2.75, 3.05) is 24.1 Å². The highest BCUT2D eigenvalue weighted by Crippen LogP contribution is 2.27. The van der Waals surface area contributed by atoms with Crippen LogP contribution in [-0.4, -0.2) is 30.1 Å². The number of hydrogen-bond donors (Lipinski definition) is 2. The Hall–Kier alpha value is -1.29. The number of benzene rings is 1. The second-order valence-corrected chi connectivity index (χ2v) is 7.19. The van der Waals surface area contributed by atoms with E-state index in [-0.39, 0.29) is 5.82 Å². The number of nitrogens with one attached hydrogen (secondary N) is 1. The average molecular weight is 319 g/mol. The monoisotopic (exact) mass is 319 g/mol. The summed E-state index contributed by atoms with van der Waals surface area (Å²) in [4.78, 5) is 2.71. The highest BCUT2D eigenvalue weighted by Gasteiger charge is 2.25. The van der Waals surface area contributed by atoms with Crippen LogP contribution in [0.1, 0.15) is 57.8 Å². The molecule has 1 aromatic rings. The molecule has 0 unspecified atom stereocenters. The summed E-state index contributed by atoms with van der Waals surface area (Å²) >= 11 is 0. The number of nitrogens with zero attached hydrogens (tertiary/aromatic N) is 1. The molecule has 4 heteroatoms. The van der Waals surface area contributed by atoms with Gasteiger partial charge in [-0.3, -0.25) is 0 Å². The average Bonchev–Trinajstić information content (AvgIpc) is 2.51. The summed E-state index contributed by atoms with van der Waals surface area (Å²) < 4.78 is 13.1. The van der Waals surface area contributed by atoms with Gasteiger partial charge in [-0.15, -0.1) is 0 Å². The molecule has 1 saturated heterocycles. The third-order valence-corrected chi connectivity index (χ3v) is 5.49. The molecule has 3 N–H and O–H groups in total. The highest BCUT2D eigenvalue weighted by atomic mass is 19.1. The lowest BCUT2D eigenvalue weighted by molar-refractivity contribution is 0.133. The summed E-state index contributed by atoms with van der Waals surface area (Å²) in [6.45, 7) is 2.34. The van der Waals surface area contributed by atoms with Gasteiger partial charge in [0.25, 0.3) is 0 Å². The lowest BCUT2D eigenvalue weighted by atomic mass is 9.93. The minimum atomic E-state index is -0.271. The molecule has 128 valence electrons. The second kappa shape index (κ2) is 8.00. The van der Waals surface area contributed by atoms with E-state index in [1.54, 1.807) is 6.07 Å². The van der Waals surface area contributed by atoms with Crippen molar-refractivity contribution in [2.45, 2.75) is 69.9 Å². The molecule has 0 radical (unpaired) electrons. The maximum Gasteiger partial charge on any atom is 0.125 e. The van der Waals surface area contributed by atoms with Gasteiger partial charge >= 0.3 is 0 Å². The number of hydrogen-bond acceptors (Lipinski definition) is 3. The maximum absolute atomic E-state index is 13.1. The molecule has 3 nitrogen and oxygen atoms in total. The van der Waals surface area contributed by atoms with Gasteiger partial charge in [0.05, 0.1) is 11.4 Å². The first kappa shape index (κ1) is 16.6. The van der Waals surface area contributed by atoms with E-state index >= 15 is 0 Å². The molecule has 0 aromatic heterocycles. The molecule has 0 spiro atoms. The molecule has 2 aliphatic rings. The third kappa shape index (κ3) is 4.60. The van der Waals surface area contributed by atoms with Crippen molar-refractivity contribution in [1.29, 1.82) is 0 Å². The van der Waals surface area contributed by atoms with Crippen molar-refractivity contribution in [2.24, 2.45) is 0 Å². The van der Waals surface area contributed by atoms with E-state index in [9.17, 15) is 4.39 Å². The van der Waals surface area contributed by atoms with Crippen molar-refractivity contribution >= 4 is 11.4 Å². The first-order chi connectivity index (χ1) is 11.2.